The predicted molar refractivity (Wildman–Crippen MR) is 253 cm³/mol. The van der Waals surface area contributed by atoms with Crippen LogP contribution in [0.1, 0.15) is 0 Å². The molecule has 59 heavy (non-hydrogen) atoms. The highest BCUT2D eigenvalue weighted by Gasteiger charge is 2.22. The second-order valence-corrected chi connectivity index (χ2v) is 16.3. The number of para-hydroxylation sites is 2. The molecule has 0 aliphatic rings. The van der Waals surface area contributed by atoms with Crippen LogP contribution in [-0.2, 0) is 0 Å². The van der Waals surface area contributed by atoms with E-state index in [-0.39, 0.29) is 0 Å². The minimum Gasteiger partial charge on any atom is -0.454 e. The fourth-order valence-electron chi connectivity index (χ4n) is 9.09. The van der Waals surface area contributed by atoms with E-state index in [9.17, 15) is 0 Å². The monoisotopic (exact) mass is 769 g/mol. The Balaban J connectivity index is 1.10. The van der Waals surface area contributed by atoms with E-state index in [1.165, 1.54) is 69.5 Å². The Kier molecular flexibility index (Phi) is 7.75. The van der Waals surface area contributed by atoms with Crippen molar-refractivity contribution in [1.29, 1.82) is 0 Å². The third-order valence-corrected chi connectivity index (χ3v) is 13.0. The van der Waals surface area contributed by atoms with Gasteiger partial charge in [0.1, 0.15) is 5.58 Å². The summed E-state index contributed by atoms with van der Waals surface area (Å²) >= 11 is 1.87. The summed E-state index contributed by atoms with van der Waals surface area (Å²) in [4.78, 5) is 2.38. The summed E-state index contributed by atoms with van der Waals surface area (Å²) in [5.74, 6) is 0. The van der Waals surface area contributed by atoms with Crippen LogP contribution in [0.15, 0.2) is 217 Å². The highest BCUT2D eigenvalue weighted by Crippen LogP contribution is 2.47. The minimum absolute atomic E-state index is 0.858. The van der Waals surface area contributed by atoms with Crippen LogP contribution in [0.2, 0.25) is 0 Å². The maximum atomic E-state index is 6.77. The van der Waals surface area contributed by atoms with Gasteiger partial charge in [-0.3, -0.25) is 0 Å². The predicted octanol–water partition coefficient (Wildman–Crippen LogP) is 16.7. The van der Waals surface area contributed by atoms with Gasteiger partial charge in [-0.05, 0) is 110 Å². The fraction of sp³-hybridized carbons (Fsp3) is 0. The zero-order valence-corrected chi connectivity index (χ0v) is 32.8. The minimum atomic E-state index is 0.858. The van der Waals surface area contributed by atoms with E-state index in [0.717, 1.165) is 44.6 Å². The lowest BCUT2D eigenvalue weighted by Gasteiger charge is -2.27. The molecular formula is C56H35NOS. The third kappa shape index (κ3) is 5.55. The molecule has 0 saturated carbocycles. The van der Waals surface area contributed by atoms with Crippen molar-refractivity contribution in [2.45, 2.75) is 0 Å². The van der Waals surface area contributed by atoms with Crippen molar-refractivity contribution in [2.24, 2.45) is 0 Å². The lowest BCUT2D eigenvalue weighted by atomic mass is 9.93. The van der Waals surface area contributed by atoms with Crippen LogP contribution in [0.5, 0.6) is 0 Å². The normalized spacial score (nSPS) is 11.7. The summed E-state index contributed by atoms with van der Waals surface area (Å²) in [5, 5.41) is 9.81. The molecule has 2 aromatic heterocycles. The number of nitrogens with zero attached hydrogens (tertiary/aromatic N) is 1. The lowest BCUT2D eigenvalue weighted by Crippen LogP contribution is -2.10. The molecule has 0 bridgehead atoms. The van der Waals surface area contributed by atoms with Gasteiger partial charge < -0.3 is 9.32 Å². The highest BCUT2D eigenvalue weighted by atomic mass is 32.1. The molecular weight excluding hydrogens is 735 g/mol. The smallest absolute Gasteiger partial charge is 0.159 e. The molecule has 12 rings (SSSR count). The number of anilines is 3. The first-order chi connectivity index (χ1) is 29.2. The largest absolute Gasteiger partial charge is 0.454 e. The molecule has 10 aromatic carbocycles. The fourth-order valence-corrected chi connectivity index (χ4v) is 10.3. The summed E-state index contributed by atoms with van der Waals surface area (Å²) in [6, 6.07) is 77.0. The van der Waals surface area contributed by atoms with Crippen molar-refractivity contribution < 1.29 is 4.42 Å². The Morgan fingerprint density at radius 1 is 0.356 bits per heavy atom. The first kappa shape index (κ1) is 33.7. The quantitative estimate of drug-likeness (QED) is 0.157. The SMILES string of the molecule is c1ccc(-c2cc(-c3cccc4c3sc3ccccc34)cc(N(c3ccc(-c4cc5ccccc5c5ccccc45)cc3)c3cccc4c3oc3ccccc34)c2)cc1. The van der Waals surface area contributed by atoms with Gasteiger partial charge in [0.25, 0.3) is 0 Å². The van der Waals surface area contributed by atoms with Gasteiger partial charge in [-0.1, -0.05) is 158 Å². The molecule has 2 heterocycles. The second kappa shape index (κ2) is 13.6. The Hall–Kier alpha value is -7.46. The molecule has 0 aliphatic carbocycles. The van der Waals surface area contributed by atoms with Gasteiger partial charge >= 0.3 is 0 Å². The molecule has 0 amide bonds. The second-order valence-electron chi connectivity index (χ2n) is 15.2. The van der Waals surface area contributed by atoms with E-state index < -0.39 is 0 Å². The topological polar surface area (TPSA) is 16.4 Å². The summed E-state index contributed by atoms with van der Waals surface area (Å²) in [6.45, 7) is 0. The van der Waals surface area contributed by atoms with Crippen LogP contribution in [0, 0.1) is 0 Å². The molecule has 0 radical (unpaired) electrons. The van der Waals surface area contributed by atoms with Crippen molar-refractivity contribution in [1.82, 2.24) is 0 Å². The van der Waals surface area contributed by atoms with E-state index >= 15 is 0 Å². The first-order valence-corrected chi connectivity index (χ1v) is 20.9. The van der Waals surface area contributed by atoms with Gasteiger partial charge in [-0.2, -0.15) is 0 Å². The summed E-state index contributed by atoms with van der Waals surface area (Å²) in [7, 11) is 0. The Bertz CT molecular complexity index is 3560. The van der Waals surface area contributed by atoms with Crippen molar-refractivity contribution in [3.8, 4) is 33.4 Å². The van der Waals surface area contributed by atoms with E-state index in [4.69, 9.17) is 4.42 Å². The van der Waals surface area contributed by atoms with E-state index in [1.807, 2.05) is 17.4 Å². The average Bonchev–Trinajstić information content (AvgIpc) is 3.89. The molecule has 0 aliphatic heterocycles. The van der Waals surface area contributed by atoms with E-state index in [0.29, 0.717) is 0 Å². The molecule has 12 aromatic rings. The number of fused-ring (bicyclic) bond motifs is 9. The van der Waals surface area contributed by atoms with Crippen LogP contribution < -0.4 is 4.90 Å². The van der Waals surface area contributed by atoms with Crippen LogP contribution >= 0.6 is 11.3 Å². The van der Waals surface area contributed by atoms with Crippen molar-refractivity contribution >= 4 is 92.1 Å². The zero-order chi connectivity index (χ0) is 38.9. The number of thiophene rings is 1. The molecule has 0 saturated heterocycles. The number of hydrogen-bond acceptors (Lipinski definition) is 3. The molecule has 0 N–H and O–H groups in total. The van der Waals surface area contributed by atoms with Gasteiger partial charge in [0.05, 0.1) is 5.69 Å². The lowest BCUT2D eigenvalue weighted by molar-refractivity contribution is 0.669. The highest BCUT2D eigenvalue weighted by molar-refractivity contribution is 7.26. The Morgan fingerprint density at radius 2 is 1.02 bits per heavy atom. The van der Waals surface area contributed by atoms with Crippen molar-refractivity contribution in [2.75, 3.05) is 4.90 Å². The number of benzene rings is 10. The van der Waals surface area contributed by atoms with E-state index in [2.05, 4.69) is 211 Å². The summed E-state index contributed by atoms with van der Waals surface area (Å²) < 4.78 is 9.36. The Labute approximate surface area is 345 Å². The van der Waals surface area contributed by atoms with Crippen LogP contribution in [0.25, 0.3) is 97.0 Å². The first-order valence-electron chi connectivity index (χ1n) is 20.1. The van der Waals surface area contributed by atoms with Gasteiger partial charge in [0, 0.05) is 42.3 Å². The standard InChI is InChI=1S/C56H35NOS/c1-2-14-36(15-3-1)39-32-40(44-22-12-24-50-48-21-9-11-27-54(48)59-56(44)50)34-42(33-39)57(52-25-13-23-49-47-20-8-10-26-53(47)58-55(49)52)41-30-28-37(29-31-41)51-35-38-16-4-5-17-43(38)45-18-6-7-19-46(45)51/h1-35H. The summed E-state index contributed by atoms with van der Waals surface area (Å²) in [5.41, 5.74) is 11.9. The number of rotatable bonds is 6. The molecule has 276 valence electrons. The Morgan fingerprint density at radius 3 is 1.88 bits per heavy atom. The van der Waals surface area contributed by atoms with Gasteiger partial charge in [-0.25, -0.2) is 0 Å². The van der Waals surface area contributed by atoms with Crippen molar-refractivity contribution in [3.63, 3.8) is 0 Å². The van der Waals surface area contributed by atoms with E-state index in [1.54, 1.807) is 0 Å². The van der Waals surface area contributed by atoms with Crippen LogP contribution in [0.4, 0.5) is 17.1 Å². The van der Waals surface area contributed by atoms with Crippen molar-refractivity contribution in [3.05, 3.63) is 212 Å². The molecule has 0 atom stereocenters. The van der Waals surface area contributed by atoms with Gasteiger partial charge in [0.15, 0.2) is 5.58 Å². The van der Waals surface area contributed by atoms with Crippen LogP contribution in [0.3, 0.4) is 0 Å². The molecule has 3 heteroatoms. The van der Waals surface area contributed by atoms with Gasteiger partial charge in [-0.15, -0.1) is 11.3 Å². The average molecular weight is 770 g/mol. The van der Waals surface area contributed by atoms with Crippen LogP contribution in [-0.4, -0.2) is 0 Å². The molecule has 0 fully saturated rings. The molecule has 0 unspecified atom stereocenters. The zero-order valence-electron chi connectivity index (χ0n) is 32.0. The molecule has 2 nitrogen and oxygen atoms in total. The molecule has 0 spiro atoms. The number of furan rings is 1. The maximum Gasteiger partial charge on any atom is 0.159 e. The number of hydrogen-bond donors (Lipinski definition) is 0. The summed E-state index contributed by atoms with van der Waals surface area (Å²) in [6.07, 6.45) is 0. The van der Waals surface area contributed by atoms with Gasteiger partial charge in [0.2, 0.25) is 0 Å². The maximum absolute atomic E-state index is 6.77. The third-order valence-electron chi connectivity index (χ3n) is 11.8.